The van der Waals surface area contributed by atoms with Crippen LogP contribution in [0.25, 0.3) is 0 Å². The summed E-state index contributed by atoms with van der Waals surface area (Å²) in [5.41, 5.74) is 1.66. The van der Waals surface area contributed by atoms with Crippen molar-refractivity contribution in [3.05, 3.63) is 29.8 Å². The Kier molecular flexibility index (Phi) is 6.36. The van der Waals surface area contributed by atoms with Gasteiger partial charge in [0, 0.05) is 6.54 Å². The molecule has 108 valence electrons. The predicted molar refractivity (Wildman–Crippen MR) is 82.8 cm³/mol. The van der Waals surface area contributed by atoms with Crippen LogP contribution < -0.4 is 10.1 Å². The first-order valence-corrected chi connectivity index (χ1v) is 7.33. The van der Waals surface area contributed by atoms with Crippen LogP contribution in [-0.2, 0) is 6.42 Å². The quantitative estimate of drug-likeness (QED) is 0.768. The van der Waals surface area contributed by atoms with Crippen molar-refractivity contribution in [3.8, 4) is 5.75 Å². The fourth-order valence-electron chi connectivity index (χ4n) is 2.25. The highest BCUT2D eigenvalue weighted by atomic mass is 16.5. The third-order valence-corrected chi connectivity index (χ3v) is 3.72. The Labute approximate surface area is 118 Å². The van der Waals surface area contributed by atoms with Crippen LogP contribution >= 0.6 is 0 Å². The van der Waals surface area contributed by atoms with Gasteiger partial charge < -0.3 is 10.1 Å². The number of rotatable bonds is 8. The molecule has 1 unspecified atom stereocenters. The van der Waals surface area contributed by atoms with Gasteiger partial charge in [-0.3, -0.25) is 0 Å². The lowest BCUT2D eigenvalue weighted by molar-refractivity contribution is 0.285. The van der Waals surface area contributed by atoms with Crippen molar-refractivity contribution in [1.29, 1.82) is 0 Å². The zero-order valence-electron chi connectivity index (χ0n) is 13.1. The molecular formula is C17H29NO. The lowest BCUT2D eigenvalue weighted by atomic mass is 9.81. The Morgan fingerprint density at radius 3 is 2.63 bits per heavy atom. The topological polar surface area (TPSA) is 21.3 Å². The van der Waals surface area contributed by atoms with Gasteiger partial charge in [0.15, 0.2) is 0 Å². The first-order chi connectivity index (χ1) is 8.99. The van der Waals surface area contributed by atoms with Crippen LogP contribution in [0.15, 0.2) is 24.3 Å². The zero-order chi connectivity index (χ0) is 14.3. The molecule has 0 radical (unpaired) electrons. The van der Waals surface area contributed by atoms with Crippen LogP contribution in [0.1, 0.15) is 39.7 Å². The number of methoxy groups -OCH3 is 1. The summed E-state index contributed by atoms with van der Waals surface area (Å²) >= 11 is 0. The molecule has 2 heteroatoms. The van der Waals surface area contributed by atoms with E-state index in [4.69, 9.17) is 4.74 Å². The minimum Gasteiger partial charge on any atom is -0.497 e. The molecular weight excluding hydrogens is 234 g/mol. The summed E-state index contributed by atoms with van der Waals surface area (Å²) in [5, 5.41) is 3.59. The number of hydrogen-bond donors (Lipinski definition) is 1. The van der Waals surface area contributed by atoms with Gasteiger partial charge in [0.2, 0.25) is 0 Å². The Hall–Kier alpha value is -1.02. The summed E-state index contributed by atoms with van der Waals surface area (Å²) in [6.07, 6.45) is 2.26. The highest BCUT2D eigenvalue weighted by Crippen LogP contribution is 2.27. The molecule has 0 aliphatic heterocycles. The second-order valence-electron chi connectivity index (χ2n) is 6.22. The minimum atomic E-state index is 0.307. The van der Waals surface area contributed by atoms with Crippen LogP contribution in [0.5, 0.6) is 5.75 Å². The van der Waals surface area contributed by atoms with E-state index in [1.54, 1.807) is 7.11 Å². The summed E-state index contributed by atoms with van der Waals surface area (Å²) in [5.74, 6) is 1.66. The summed E-state index contributed by atoms with van der Waals surface area (Å²) in [6, 6.07) is 8.42. The van der Waals surface area contributed by atoms with Gasteiger partial charge in [-0.1, -0.05) is 39.8 Å². The molecule has 0 bridgehead atoms. The molecule has 1 aromatic rings. The van der Waals surface area contributed by atoms with Crippen molar-refractivity contribution in [2.45, 2.75) is 40.5 Å². The second kappa shape index (κ2) is 7.54. The predicted octanol–water partition coefficient (Wildman–Crippen LogP) is 3.90. The second-order valence-corrected chi connectivity index (χ2v) is 6.22. The van der Waals surface area contributed by atoms with E-state index in [0.29, 0.717) is 11.3 Å². The molecule has 0 saturated heterocycles. The summed E-state index contributed by atoms with van der Waals surface area (Å²) in [6.45, 7) is 11.3. The first-order valence-electron chi connectivity index (χ1n) is 7.33. The summed E-state index contributed by atoms with van der Waals surface area (Å²) in [4.78, 5) is 0. The average Bonchev–Trinajstić information content (AvgIpc) is 2.38. The number of nitrogens with one attached hydrogen (secondary N) is 1. The summed E-state index contributed by atoms with van der Waals surface area (Å²) in [7, 11) is 1.72. The van der Waals surface area contributed by atoms with Crippen molar-refractivity contribution in [2.75, 3.05) is 20.2 Å². The lowest BCUT2D eigenvalue weighted by Crippen LogP contribution is -2.35. The van der Waals surface area contributed by atoms with Crippen LogP contribution in [0.2, 0.25) is 0 Å². The van der Waals surface area contributed by atoms with Gasteiger partial charge in [-0.25, -0.2) is 0 Å². The molecule has 19 heavy (non-hydrogen) atoms. The van der Waals surface area contributed by atoms with Gasteiger partial charge >= 0.3 is 0 Å². The maximum atomic E-state index is 5.30. The van der Waals surface area contributed by atoms with Crippen molar-refractivity contribution in [1.82, 2.24) is 5.32 Å². The molecule has 1 aromatic carbocycles. The standard InChI is InChI=1S/C17H29NO/c1-6-17(4,13-18-12-14(2)3)11-15-8-7-9-16(10-15)19-5/h7-10,14,18H,6,11-13H2,1-5H3. The third-order valence-electron chi connectivity index (χ3n) is 3.72. The molecule has 0 aromatic heterocycles. The summed E-state index contributed by atoms with van der Waals surface area (Å²) < 4.78 is 5.30. The maximum Gasteiger partial charge on any atom is 0.119 e. The van der Waals surface area contributed by atoms with Crippen molar-refractivity contribution in [2.24, 2.45) is 11.3 Å². The monoisotopic (exact) mass is 263 g/mol. The smallest absolute Gasteiger partial charge is 0.119 e. The van der Waals surface area contributed by atoms with E-state index >= 15 is 0 Å². The first kappa shape index (κ1) is 16.0. The van der Waals surface area contributed by atoms with Crippen LogP contribution in [-0.4, -0.2) is 20.2 Å². The van der Waals surface area contributed by atoms with E-state index < -0.39 is 0 Å². The van der Waals surface area contributed by atoms with Gasteiger partial charge in [-0.05, 0) is 48.4 Å². The van der Waals surface area contributed by atoms with Gasteiger partial charge in [-0.2, -0.15) is 0 Å². The van der Waals surface area contributed by atoms with Crippen molar-refractivity contribution in [3.63, 3.8) is 0 Å². The number of ether oxygens (including phenoxy) is 1. The van der Waals surface area contributed by atoms with Gasteiger partial charge in [-0.15, -0.1) is 0 Å². The van der Waals surface area contributed by atoms with Crippen molar-refractivity contribution < 1.29 is 4.74 Å². The fourth-order valence-corrected chi connectivity index (χ4v) is 2.25. The SMILES string of the molecule is CCC(C)(CNCC(C)C)Cc1cccc(OC)c1. The normalized spacial score (nSPS) is 14.4. The molecule has 1 atom stereocenters. The molecule has 0 heterocycles. The molecule has 2 nitrogen and oxygen atoms in total. The Morgan fingerprint density at radius 2 is 2.05 bits per heavy atom. The molecule has 0 spiro atoms. The largest absolute Gasteiger partial charge is 0.497 e. The Balaban J connectivity index is 2.62. The van der Waals surface area contributed by atoms with Crippen LogP contribution in [0.4, 0.5) is 0 Å². The van der Waals surface area contributed by atoms with E-state index in [1.807, 2.05) is 6.07 Å². The molecule has 1 N–H and O–H groups in total. The highest BCUT2D eigenvalue weighted by Gasteiger charge is 2.22. The van der Waals surface area contributed by atoms with Gasteiger partial charge in [0.1, 0.15) is 5.75 Å². The van der Waals surface area contributed by atoms with Crippen LogP contribution in [0, 0.1) is 11.3 Å². The number of hydrogen-bond acceptors (Lipinski definition) is 2. The molecule has 0 aliphatic rings. The van der Waals surface area contributed by atoms with Crippen molar-refractivity contribution >= 4 is 0 Å². The molecule has 0 aliphatic carbocycles. The highest BCUT2D eigenvalue weighted by molar-refractivity contribution is 5.29. The van der Waals surface area contributed by atoms with E-state index in [9.17, 15) is 0 Å². The zero-order valence-corrected chi connectivity index (χ0v) is 13.1. The van der Waals surface area contributed by atoms with Crippen LogP contribution in [0.3, 0.4) is 0 Å². The fraction of sp³-hybridized carbons (Fsp3) is 0.647. The third kappa shape index (κ3) is 5.65. The van der Waals surface area contributed by atoms with Gasteiger partial charge in [0.05, 0.1) is 7.11 Å². The van der Waals surface area contributed by atoms with E-state index in [0.717, 1.165) is 25.3 Å². The van der Waals surface area contributed by atoms with E-state index in [2.05, 4.69) is 51.2 Å². The average molecular weight is 263 g/mol. The van der Waals surface area contributed by atoms with E-state index in [-0.39, 0.29) is 0 Å². The minimum absolute atomic E-state index is 0.307. The Morgan fingerprint density at radius 1 is 1.32 bits per heavy atom. The molecule has 1 rings (SSSR count). The lowest BCUT2D eigenvalue weighted by Gasteiger charge is -2.29. The molecule has 0 amide bonds. The Bertz CT molecular complexity index is 375. The number of benzene rings is 1. The van der Waals surface area contributed by atoms with Gasteiger partial charge in [0.25, 0.3) is 0 Å². The molecule has 0 fully saturated rings. The molecule has 0 saturated carbocycles. The maximum absolute atomic E-state index is 5.30. The van der Waals surface area contributed by atoms with E-state index in [1.165, 1.54) is 12.0 Å².